The van der Waals surface area contributed by atoms with Gasteiger partial charge in [-0.3, -0.25) is 0 Å². The predicted octanol–water partition coefficient (Wildman–Crippen LogP) is 4.94. The van der Waals surface area contributed by atoms with Gasteiger partial charge in [0.2, 0.25) is 0 Å². The van der Waals surface area contributed by atoms with Gasteiger partial charge in [-0.15, -0.1) is 0 Å². The average Bonchev–Trinajstić information content (AvgIpc) is 2.39. The van der Waals surface area contributed by atoms with Crippen LogP contribution in [-0.2, 0) is 4.74 Å². The number of halogens is 1. The van der Waals surface area contributed by atoms with Gasteiger partial charge in [-0.25, -0.2) is 0 Å². The lowest BCUT2D eigenvalue weighted by molar-refractivity contribution is -0.120. The van der Waals surface area contributed by atoms with Gasteiger partial charge in [0, 0.05) is 12.2 Å². The van der Waals surface area contributed by atoms with Crippen LogP contribution in [0.25, 0.3) is 0 Å². The van der Waals surface area contributed by atoms with Crippen LogP contribution in [0.2, 0.25) is 0 Å². The van der Waals surface area contributed by atoms with Crippen LogP contribution in [0.1, 0.15) is 38.5 Å². The molecule has 0 amide bonds. The lowest BCUT2D eigenvalue weighted by Gasteiger charge is -2.55. The van der Waals surface area contributed by atoms with Gasteiger partial charge in [-0.2, -0.15) is 0 Å². The van der Waals surface area contributed by atoms with Crippen molar-refractivity contribution in [3.63, 3.8) is 0 Å². The normalized spacial score (nSPS) is 36.5. The molecular formula is C17H19IO2S. The Kier molecular flexibility index (Phi) is 3.64. The molecule has 0 spiro atoms. The van der Waals surface area contributed by atoms with E-state index >= 15 is 0 Å². The molecular weight excluding hydrogens is 395 g/mol. The molecule has 5 rings (SSSR count). The topological polar surface area (TPSA) is 18.5 Å². The van der Waals surface area contributed by atoms with Crippen LogP contribution < -0.4 is 4.74 Å². The quantitative estimate of drug-likeness (QED) is 0.505. The Hall–Kier alpha value is -0.360. The van der Waals surface area contributed by atoms with Gasteiger partial charge >= 0.3 is 5.24 Å². The van der Waals surface area contributed by atoms with E-state index in [4.69, 9.17) is 21.7 Å². The molecule has 0 heterocycles. The third-order valence-electron chi connectivity index (χ3n) is 5.31. The van der Waals surface area contributed by atoms with Crippen molar-refractivity contribution in [2.24, 2.45) is 17.8 Å². The van der Waals surface area contributed by atoms with Gasteiger partial charge in [-0.1, -0.05) is 12.1 Å². The van der Waals surface area contributed by atoms with Crippen LogP contribution in [0.3, 0.4) is 0 Å². The Bertz CT molecular complexity index is 536. The van der Waals surface area contributed by atoms with Gasteiger partial charge in [0.05, 0.1) is 3.57 Å². The number of ether oxygens (including phenoxy) is 2. The number of rotatable bonds is 2. The molecule has 0 aliphatic heterocycles. The fourth-order valence-electron chi connectivity index (χ4n) is 4.97. The summed E-state index contributed by atoms with van der Waals surface area (Å²) in [4.78, 5) is 0. The summed E-state index contributed by atoms with van der Waals surface area (Å²) in [5, 5.41) is 0.307. The largest absolute Gasteiger partial charge is 0.450 e. The van der Waals surface area contributed by atoms with Crippen molar-refractivity contribution in [1.82, 2.24) is 0 Å². The van der Waals surface area contributed by atoms with E-state index in [1.807, 2.05) is 24.3 Å². The van der Waals surface area contributed by atoms with Crippen molar-refractivity contribution >= 4 is 40.0 Å². The van der Waals surface area contributed by atoms with E-state index in [1.165, 1.54) is 38.5 Å². The Balaban J connectivity index is 1.46. The highest BCUT2D eigenvalue weighted by atomic mass is 127. The molecule has 0 saturated heterocycles. The molecule has 0 atom stereocenters. The minimum absolute atomic E-state index is 0.0218. The highest BCUT2D eigenvalue weighted by Crippen LogP contribution is 2.57. The average molecular weight is 414 g/mol. The molecule has 0 unspecified atom stereocenters. The number of hydrogen-bond acceptors (Lipinski definition) is 3. The first-order valence-corrected chi connectivity index (χ1v) is 9.26. The summed E-state index contributed by atoms with van der Waals surface area (Å²) in [6.07, 6.45) is 7.75. The smallest absolute Gasteiger partial charge is 0.358 e. The second-order valence-electron chi connectivity index (χ2n) is 6.99. The van der Waals surface area contributed by atoms with Crippen LogP contribution in [0.15, 0.2) is 24.3 Å². The molecule has 0 radical (unpaired) electrons. The minimum atomic E-state index is -0.0218. The Morgan fingerprint density at radius 2 is 1.62 bits per heavy atom. The van der Waals surface area contributed by atoms with E-state index in [9.17, 15) is 0 Å². The summed E-state index contributed by atoms with van der Waals surface area (Å²) in [6, 6.07) is 7.92. The van der Waals surface area contributed by atoms with Crippen LogP contribution in [-0.4, -0.2) is 10.8 Å². The molecule has 4 bridgehead atoms. The SMILES string of the molecule is S=C(Oc1ccccc1I)OC12CC3CC(CC(C3)C1)C2. The van der Waals surface area contributed by atoms with Gasteiger partial charge in [-0.05, 0) is 91.0 Å². The summed E-state index contributed by atoms with van der Waals surface area (Å²) in [5.41, 5.74) is -0.0218. The van der Waals surface area contributed by atoms with Crippen molar-refractivity contribution in [1.29, 1.82) is 0 Å². The molecule has 1 aromatic carbocycles. The van der Waals surface area contributed by atoms with E-state index < -0.39 is 0 Å². The lowest BCUT2D eigenvalue weighted by atomic mass is 9.54. The molecule has 4 heteroatoms. The number of hydrogen-bond donors (Lipinski definition) is 0. The fourth-order valence-corrected chi connectivity index (χ4v) is 5.74. The summed E-state index contributed by atoms with van der Waals surface area (Å²) >= 11 is 7.65. The second kappa shape index (κ2) is 5.37. The minimum Gasteiger partial charge on any atom is -0.450 e. The van der Waals surface area contributed by atoms with E-state index in [1.54, 1.807) is 0 Å². The molecule has 21 heavy (non-hydrogen) atoms. The highest BCUT2D eigenvalue weighted by Gasteiger charge is 2.53. The maximum absolute atomic E-state index is 6.22. The Labute approximate surface area is 144 Å². The van der Waals surface area contributed by atoms with Crippen molar-refractivity contribution in [3.05, 3.63) is 27.8 Å². The number of thiocarbonyl (C=S) groups is 1. The molecule has 0 aromatic heterocycles. The zero-order chi connectivity index (χ0) is 14.4. The predicted molar refractivity (Wildman–Crippen MR) is 94.4 cm³/mol. The molecule has 4 fully saturated rings. The maximum atomic E-state index is 6.22. The van der Waals surface area contributed by atoms with Crippen molar-refractivity contribution < 1.29 is 9.47 Å². The standard InChI is InChI=1S/C17H19IO2S/c18-14-3-1-2-4-15(14)19-16(21)20-17-8-11-5-12(9-17)7-13(6-11)10-17/h1-4,11-13H,5-10H2. The number of para-hydroxylation sites is 1. The molecule has 4 saturated carbocycles. The van der Waals surface area contributed by atoms with Crippen LogP contribution in [0, 0.1) is 21.3 Å². The third-order valence-corrected chi connectivity index (χ3v) is 6.37. The van der Waals surface area contributed by atoms with Crippen LogP contribution >= 0.6 is 34.8 Å². The van der Waals surface area contributed by atoms with Crippen molar-refractivity contribution in [2.45, 2.75) is 44.1 Å². The summed E-state index contributed by atoms with van der Waals surface area (Å²) in [5.74, 6) is 3.37. The van der Waals surface area contributed by atoms with Gasteiger partial charge in [0.25, 0.3) is 0 Å². The molecule has 4 aliphatic carbocycles. The Morgan fingerprint density at radius 1 is 1.05 bits per heavy atom. The summed E-state index contributed by atoms with van der Waals surface area (Å²) in [6.45, 7) is 0. The van der Waals surface area contributed by atoms with E-state index in [-0.39, 0.29) is 5.60 Å². The lowest BCUT2D eigenvalue weighted by Crippen LogP contribution is -2.53. The fraction of sp³-hybridized carbons (Fsp3) is 0.588. The van der Waals surface area contributed by atoms with Crippen LogP contribution in [0.5, 0.6) is 5.75 Å². The molecule has 4 aliphatic rings. The first-order chi connectivity index (χ1) is 10.1. The summed E-state index contributed by atoms with van der Waals surface area (Å²) < 4.78 is 13.1. The highest BCUT2D eigenvalue weighted by molar-refractivity contribution is 14.1. The molecule has 1 aromatic rings. The molecule has 112 valence electrons. The van der Waals surface area contributed by atoms with E-state index in [2.05, 4.69) is 22.6 Å². The first-order valence-electron chi connectivity index (χ1n) is 7.77. The zero-order valence-corrected chi connectivity index (χ0v) is 14.9. The Morgan fingerprint density at radius 3 is 2.19 bits per heavy atom. The zero-order valence-electron chi connectivity index (χ0n) is 11.9. The monoisotopic (exact) mass is 414 g/mol. The van der Waals surface area contributed by atoms with Crippen molar-refractivity contribution in [3.8, 4) is 5.75 Å². The van der Waals surface area contributed by atoms with Gasteiger partial charge in [0.15, 0.2) is 0 Å². The maximum Gasteiger partial charge on any atom is 0.358 e. The van der Waals surface area contributed by atoms with E-state index in [0.717, 1.165) is 27.1 Å². The second-order valence-corrected chi connectivity index (χ2v) is 8.48. The first kappa shape index (κ1) is 14.2. The van der Waals surface area contributed by atoms with E-state index in [0.29, 0.717) is 5.24 Å². The van der Waals surface area contributed by atoms with Crippen LogP contribution in [0.4, 0.5) is 0 Å². The number of benzene rings is 1. The van der Waals surface area contributed by atoms with Gasteiger partial charge < -0.3 is 9.47 Å². The van der Waals surface area contributed by atoms with Gasteiger partial charge in [0.1, 0.15) is 11.4 Å². The van der Waals surface area contributed by atoms with Crippen molar-refractivity contribution in [2.75, 3.05) is 0 Å². The molecule has 2 nitrogen and oxygen atoms in total. The summed E-state index contributed by atoms with van der Waals surface area (Å²) in [7, 11) is 0. The third kappa shape index (κ3) is 2.81. The molecule has 0 N–H and O–H groups in total.